The number of rotatable bonds is 6. The van der Waals surface area contributed by atoms with Gasteiger partial charge in [-0.05, 0) is 29.0 Å². The molecule has 0 unspecified atom stereocenters. The summed E-state index contributed by atoms with van der Waals surface area (Å²) in [5.41, 5.74) is 6.89. The van der Waals surface area contributed by atoms with Crippen molar-refractivity contribution in [2.45, 2.75) is 6.54 Å². The molecule has 0 spiro atoms. The fraction of sp³-hybridized carbons (Fsp3) is 0.0417. The van der Waals surface area contributed by atoms with Gasteiger partial charge in [-0.1, -0.05) is 60.7 Å². The van der Waals surface area contributed by atoms with Crippen LogP contribution in [0.3, 0.4) is 0 Å². The van der Waals surface area contributed by atoms with Gasteiger partial charge in [0, 0.05) is 33.8 Å². The molecule has 2 heterocycles. The fourth-order valence-electron chi connectivity index (χ4n) is 3.36. The van der Waals surface area contributed by atoms with Crippen LogP contribution >= 0.6 is 0 Å². The van der Waals surface area contributed by atoms with Crippen molar-refractivity contribution in [3.63, 3.8) is 0 Å². The summed E-state index contributed by atoms with van der Waals surface area (Å²) in [7, 11) is 0. The van der Waals surface area contributed by atoms with Crippen LogP contribution in [0.1, 0.15) is 21.5 Å². The Kier molecular flexibility index (Phi) is 5.24. The number of fused-ring (bicyclic) bond motifs is 1. The van der Waals surface area contributed by atoms with Crippen LogP contribution in [0.15, 0.2) is 90.2 Å². The molecule has 0 aliphatic heterocycles. The minimum Gasteiger partial charge on any atom is -0.361 e. The number of aromatic amines is 1. The monoisotopic (exact) mass is 421 g/mol. The number of hydrogen-bond acceptors (Lipinski definition) is 5. The SMILES string of the molecule is O=C(N/N=C/c1c[nH]c2ccccc12)c1ccc(Cn2nnc(-c3ccccc3)n2)cc1. The summed E-state index contributed by atoms with van der Waals surface area (Å²) in [6.07, 6.45) is 3.49. The first kappa shape index (κ1) is 19.4. The zero-order valence-electron chi connectivity index (χ0n) is 17.0. The third kappa shape index (κ3) is 4.15. The maximum absolute atomic E-state index is 12.4. The molecule has 5 aromatic rings. The maximum atomic E-state index is 12.4. The van der Waals surface area contributed by atoms with Gasteiger partial charge in [0.15, 0.2) is 0 Å². The lowest BCUT2D eigenvalue weighted by Gasteiger charge is -2.03. The largest absolute Gasteiger partial charge is 0.361 e. The van der Waals surface area contributed by atoms with Crippen molar-refractivity contribution in [1.29, 1.82) is 0 Å². The lowest BCUT2D eigenvalue weighted by molar-refractivity contribution is 0.0955. The van der Waals surface area contributed by atoms with Crippen LogP contribution in [-0.2, 0) is 6.54 Å². The second kappa shape index (κ2) is 8.65. The van der Waals surface area contributed by atoms with Crippen molar-refractivity contribution in [2.75, 3.05) is 0 Å². The van der Waals surface area contributed by atoms with Crippen molar-refractivity contribution in [3.8, 4) is 11.4 Å². The highest BCUT2D eigenvalue weighted by molar-refractivity contribution is 6.00. The number of carbonyl (C=O) groups is 1. The molecule has 0 bridgehead atoms. The van der Waals surface area contributed by atoms with E-state index < -0.39 is 0 Å². The summed E-state index contributed by atoms with van der Waals surface area (Å²) in [6.45, 7) is 0.459. The van der Waals surface area contributed by atoms with E-state index in [-0.39, 0.29) is 5.91 Å². The lowest BCUT2D eigenvalue weighted by Crippen LogP contribution is -2.17. The van der Waals surface area contributed by atoms with Crippen molar-refractivity contribution in [1.82, 2.24) is 30.6 Å². The molecule has 156 valence electrons. The van der Waals surface area contributed by atoms with Gasteiger partial charge in [0.25, 0.3) is 5.91 Å². The number of nitrogens with zero attached hydrogens (tertiary/aromatic N) is 5. The van der Waals surface area contributed by atoms with E-state index in [1.165, 1.54) is 4.80 Å². The highest BCUT2D eigenvalue weighted by Crippen LogP contribution is 2.16. The highest BCUT2D eigenvalue weighted by atomic mass is 16.2. The van der Waals surface area contributed by atoms with E-state index in [0.717, 1.165) is 27.6 Å². The van der Waals surface area contributed by atoms with Crippen LogP contribution in [0.2, 0.25) is 0 Å². The predicted octanol–water partition coefficient (Wildman–Crippen LogP) is 3.63. The molecule has 0 radical (unpaired) electrons. The Morgan fingerprint density at radius 3 is 2.62 bits per heavy atom. The van der Waals surface area contributed by atoms with E-state index >= 15 is 0 Å². The number of aromatic nitrogens is 5. The molecule has 1 amide bonds. The molecular weight excluding hydrogens is 402 g/mol. The van der Waals surface area contributed by atoms with Crippen LogP contribution in [0, 0.1) is 0 Å². The predicted molar refractivity (Wildman–Crippen MR) is 122 cm³/mol. The summed E-state index contributed by atoms with van der Waals surface area (Å²) in [5.74, 6) is 0.299. The van der Waals surface area contributed by atoms with Crippen LogP contribution < -0.4 is 5.43 Å². The van der Waals surface area contributed by atoms with Crippen LogP contribution in [0.25, 0.3) is 22.3 Å². The van der Waals surface area contributed by atoms with Gasteiger partial charge in [-0.15, -0.1) is 10.2 Å². The lowest BCUT2D eigenvalue weighted by atomic mass is 10.1. The second-order valence-electron chi connectivity index (χ2n) is 7.20. The Balaban J connectivity index is 1.21. The number of hydrogen-bond donors (Lipinski definition) is 2. The second-order valence-corrected chi connectivity index (χ2v) is 7.20. The van der Waals surface area contributed by atoms with Crippen molar-refractivity contribution >= 4 is 23.0 Å². The Morgan fingerprint density at radius 2 is 1.78 bits per heavy atom. The summed E-state index contributed by atoms with van der Waals surface area (Å²) < 4.78 is 0. The summed E-state index contributed by atoms with van der Waals surface area (Å²) in [4.78, 5) is 17.1. The van der Waals surface area contributed by atoms with E-state index in [9.17, 15) is 4.79 Å². The molecule has 0 fully saturated rings. The van der Waals surface area contributed by atoms with Crippen LogP contribution in [0.5, 0.6) is 0 Å². The first-order valence-corrected chi connectivity index (χ1v) is 10.1. The van der Waals surface area contributed by atoms with Crippen LogP contribution in [-0.4, -0.2) is 37.3 Å². The van der Waals surface area contributed by atoms with E-state index in [1.54, 1.807) is 18.3 Å². The van der Waals surface area contributed by atoms with Gasteiger partial charge in [-0.2, -0.15) is 9.90 Å². The number of nitrogens with one attached hydrogen (secondary N) is 2. The third-order valence-electron chi connectivity index (χ3n) is 5.02. The van der Waals surface area contributed by atoms with E-state index in [2.05, 4.69) is 30.9 Å². The van der Waals surface area contributed by atoms with Gasteiger partial charge in [-0.25, -0.2) is 5.43 Å². The number of amides is 1. The topological polar surface area (TPSA) is 101 Å². The molecular formula is C24H19N7O. The van der Waals surface area contributed by atoms with Crippen LogP contribution in [0.4, 0.5) is 0 Å². The summed E-state index contributed by atoms with van der Waals surface area (Å²) in [5, 5.41) is 17.8. The Bertz CT molecular complexity index is 1380. The molecule has 2 N–H and O–H groups in total. The normalized spacial score (nSPS) is 11.2. The first-order chi connectivity index (χ1) is 15.8. The molecule has 0 atom stereocenters. The Morgan fingerprint density at radius 1 is 1.00 bits per heavy atom. The zero-order valence-corrected chi connectivity index (χ0v) is 17.0. The number of benzene rings is 3. The number of H-pyrrole nitrogens is 1. The fourth-order valence-corrected chi connectivity index (χ4v) is 3.36. The standard InChI is InChI=1S/C24H19N7O/c32-24(28-26-15-20-14-25-22-9-5-4-8-21(20)22)19-12-10-17(11-13-19)16-31-29-23(27-30-31)18-6-2-1-3-7-18/h1-15,25H,16H2,(H,28,32)/b26-15+. The molecule has 3 aromatic carbocycles. The van der Waals surface area contributed by atoms with Crippen molar-refractivity contribution in [2.24, 2.45) is 5.10 Å². The molecule has 2 aromatic heterocycles. The molecule has 8 heteroatoms. The minimum atomic E-state index is -0.280. The van der Waals surface area contributed by atoms with Gasteiger partial charge < -0.3 is 4.98 Å². The quantitative estimate of drug-likeness (QED) is 0.323. The Hall–Kier alpha value is -4.59. The average molecular weight is 421 g/mol. The number of tetrazole rings is 1. The third-order valence-corrected chi connectivity index (χ3v) is 5.02. The molecule has 32 heavy (non-hydrogen) atoms. The van der Waals surface area contributed by atoms with Gasteiger partial charge in [0.2, 0.25) is 5.82 Å². The smallest absolute Gasteiger partial charge is 0.271 e. The Labute approximate surface area is 183 Å². The molecule has 5 rings (SSSR count). The summed E-state index contributed by atoms with van der Waals surface area (Å²) >= 11 is 0. The zero-order chi connectivity index (χ0) is 21.8. The van der Waals surface area contributed by atoms with E-state index in [1.807, 2.05) is 72.9 Å². The molecule has 0 aliphatic carbocycles. The molecule has 0 saturated heterocycles. The first-order valence-electron chi connectivity index (χ1n) is 10.1. The number of para-hydroxylation sites is 1. The molecule has 0 saturated carbocycles. The summed E-state index contributed by atoms with van der Waals surface area (Å²) in [6, 6.07) is 24.8. The molecule has 8 nitrogen and oxygen atoms in total. The average Bonchev–Trinajstić information content (AvgIpc) is 3.47. The van der Waals surface area contributed by atoms with Crippen molar-refractivity contribution < 1.29 is 4.79 Å². The van der Waals surface area contributed by atoms with Gasteiger partial charge >= 0.3 is 0 Å². The van der Waals surface area contributed by atoms with Gasteiger partial charge in [0.05, 0.1) is 12.8 Å². The molecule has 0 aliphatic rings. The number of hydrazone groups is 1. The minimum absolute atomic E-state index is 0.280. The van der Waals surface area contributed by atoms with E-state index in [0.29, 0.717) is 17.9 Å². The van der Waals surface area contributed by atoms with Gasteiger partial charge in [0.1, 0.15) is 0 Å². The highest BCUT2D eigenvalue weighted by Gasteiger charge is 2.08. The van der Waals surface area contributed by atoms with Crippen molar-refractivity contribution in [3.05, 3.63) is 102 Å². The van der Waals surface area contributed by atoms with Gasteiger partial charge in [-0.3, -0.25) is 4.79 Å². The number of carbonyl (C=O) groups excluding carboxylic acids is 1. The maximum Gasteiger partial charge on any atom is 0.271 e. The van der Waals surface area contributed by atoms with E-state index in [4.69, 9.17) is 0 Å².